The standard InChI is InChI=1S/C23H27F2N5O2/c1-23(2,32)20(31)18-11-17-19(12-27-18)29-22(21(26)28-17)30-7-5-13(6-8-30)9-14-3-4-15(24)10-16(14)25/h3-4,10-13,20,31-32H,5-9H2,1-2H3,(H2,26,28). The van der Waals surface area contributed by atoms with E-state index in [1.54, 1.807) is 6.07 Å². The van der Waals surface area contributed by atoms with Crippen LogP contribution in [-0.2, 0) is 6.42 Å². The summed E-state index contributed by atoms with van der Waals surface area (Å²) in [5, 5.41) is 20.3. The molecule has 0 saturated carbocycles. The van der Waals surface area contributed by atoms with Crippen molar-refractivity contribution >= 4 is 22.7 Å². The number of hydrogen-bond donors (Lipinski definition) is 3. The van der Waals surface area contributed by atoms with Crippen LogP contribution in [0.1, 0.15) is 44.1 Å². The molecule has 0 radical (unpaired) electrons. The summed E-state index contributed by atoms with van der Waals surface area (Å²) in [4.78, 5) is 15.3. The Labute approximate surface area is 184 Å². The van der Waals surface area contributed by atoms with Crippen molar-refractivity contribution in [1.29, 1.82) is 0 Å². The number of hydrogen-bond acceptors (Lipinski definition) is 7. The van der Waals surface area contributed by atoms with Gasteiger partial charge in [-0.05, 0) is 56.7 Å². The van der Waals surface area contributed by atoms with Gasteiger partial charge in [0.15, 0.2) is 11.6 Å². The zero-order chi connectivity index (χ0) is 23.0. The topological polar surface area (TPSA) is 108 Å². The van der Waals surface area contributed by atoms with Crippen LogP contribution in [0.4, 0.5) is 20.4 Å². The Hall–Kier alpha value is -2.91. The smallest absolute Gasteiger partial charge is 0.172 e. The van der Waals surface area contributed by atoms with E-state index in [9.17, 15) is 19.0 Å². The minimum atomic E-state index is -1.35. The molecule has 1 saturated heterocycles. The molecule has 32 heavy (non-hydrogen) atoms. The lowest BCUT2D eigenvalue weighted by molar-refractivity contribution is -0.0516. The Morgan fingerprint density at radius 1 is 1.16 bits per heavy atom. The van der Waals surface area contributed by atoms with Crippen LogP contribution < -0.4 is 10.6 Å². The second-order valence-electron chi connectivity index (χ2n) is 8.96. The lowest BCUT2D eigenvalue weighted by Gasteiger charge is -2.33. The average molecular weight is 443 g/mol. The predicted molar refractivity (Wildman–Crippen MR) is 118 cm³/mol. The molecule has 0 bridgehead atoms. The van der Waals surface area contributed by atoms with Crippen molar-refractivity contribution in [1.82, 2.24) is 15.0 Å². The Balaban J connectivity index is 1.47. The lowest BCUT2D eigenvalue weighted by Crippen LogP contribution is -2.35. The Kier molecular flexibility index (Phi) is 5.96. The highest BCUT2D eigenvalue weighted by Gasteiger charge is 2.28. The minimum Gasteiger partial charge on any atom is -0.387 e. The van der Waals surface area contributed by atoms with E-state index in [0.29, 0.717) is 47.6 Å². The molecule has 4 N–H and O–H groups in total. The van der Waals surface area contributed by atoms with Crippen molar-refractivity contribution in [3.05, 3.63) is 53.4 Å². The zero-order valence-electron chi connectivity index (χ0n) is 18.1. The number of nitrogen functional groups attached to an aromatic ring is 1. The molecule has 2 aromatic heterocycles. The highest BCUT2D eigenvalue weighted by molar-refractivity contribution is 5.79. The second-order valence-corrected chi connectivity index (χ2v) is 8.96. The highest BCUT2D eigenvalue weighted by Crippen LogP contribution is 2.30. The molecule has 1 aliphatic rings. The van der Waals surface area contributed by atoms with Crippen molar-refractivity contribution < 1.29 is 19.0 Å². The quantitative estimate of drug-likeness (QED) is 0.556. The normalized spacial score (nSPS) is 16.5. The summed E-state index contributed by atoms with van der Waals surface area (Å²) in [6.45, 7) is 4.39. The Morgan fingerprint density at radius 3 is 2.53 bits per heavy atom. The molecule has 3 aromatic rings. The van der Waals surface area contributed by atoms with Crippen molar-refractivity contribution in [2.24, 2.45) is 5.92 Å². The number of aliphatic hydroxyl groups excluding tert-OH is 1. The van der Waals surface area contributed by atoms with E-state index in [1.165, 1.54) is 32.2 Å². The van der Waals surface area contributed by atoms with Gasteiger partial charge in [-0.25, -0.2) is 18.7 Å². The van der Waals surface area contributed by atoms with Gasteiger partial charge in [-0.15, -0.1) is 0 Å². The monoisotopic (exact) mass is 443 g/mol. The number of benzene rings is 1. The first-order valence-corrected chi connectivity index (χ1v) is 10.6. The molecule has 1 fully saturated rings. The number of pyridine rings is 1. The molecule has 1 aliphatic heterocycles. The molecule has 0 aliphatic carbocycles. The Bertz CT molecular complexity index is 1130. The number of fused-ring (bicyclic) bond motifs is 1. The van der Waals surface area contributed by atoms with Crippen LogP contribution in [-0.4, -0.2) is 43.9 Å². The van der Waals surface area contributed by atoms with Gasteiger partial charge in [0.25, 0.3) is 0 Å². The van der Waals surface area contributed by atoms with Crippen LogP contribution in [0, 0.1) is 17.6 Å². The van der Waals surface area contributed by atoms with Crippen molar-refractivity contribution in [2.45, 2.75) is 44.8 Å². The first kappa shape index (κ1) is 22.3. The SMILES string of the molecule is CC(C)(O)C(O)c1cc2nc(N)c(N3CCC(Cc4ccc(F)cc4F)CC3)nc2cn1. The van der Waals surface area contributed by atoms with Gasteiger partial charge < -0.3 is 20.8 Å². The summed E-state index contributed by atoms with van der Waals surface area (Å²) in [5.41, 5.74) is 6.69. The van der Waals surface area contributed by atoms with Crippen LogP contribution in [0.5, 0.6) is 0 Å². The van der Waals surface area contributed by atoms with E-state index < -0.39 is 23.3 Å². The first-order valence-electron chi connectivity index (χ1n) is 10.6. The third-order valence-electron chi connectivity index (χ3n) is 5.97. The van der Waals surface area contributed by atoms with Crippen molar-refractivity contribution in [3.63, 3.8) is 0 Å². The van der Waals surface area contributed by atoms with Gasteiger partial charge in [-0.2, -0.15) is 0 Å². The number of aromatic nitrogens is 3. The minimum absolute atomic E-state index is 0.274. The van der Waals surface area contributed by atoms with Crippen LogP contribution in [0.3, 0.4) is 0 Å². The largest absolute Gasteiger partial charge is 0.387 e. The molecule has 9 heteroatoms. The molecule has 170 valence electrons. The molecule has 1 unspecified atom stereocenters. The van der Waals surface area contributed by atoms with Crippen molar-refractivity contribution in [3.8, 4) is 0 Å². The summed E-state index contributed by atoms with van der Waals surface area (Å²) in [7, 11) is 0. The van der Waals surface area contributed by atoms with E-state index in [4.69, 9.17) is 5.73 Å². The highest BCUT2D eigenvalue weighted by atomic mass is 19.1. The molecule has 4 rings (SSSR count). The van der Waals surface area contributed by atoms with Gasteiger partial charge in [0.1, 0.15) is 23.3 Å². The maximum atomic E-state index is 14.0. The fourth-order valence-corrected chi connectivity index (χ4v) is 4.07. The summed E-state index contributed by atoms with van der Waals surface area (Å²) in [6.07, 6.45) is 2.56. The van der Waals surface area contributed by atoms with Crippen LogP contribution >= 0.6 is 0 Å². The van der Waals surface area contributed by atoms with Crippen LogP contribution in [0.15, 0.2) is 30.5 Å². The maximum Gasteiger partial charge on any atom is 0.172 e. The lowest BCUT2D eigenvalue weighted by atomic mass is 9.90. The number of aliphatic hydroxyl groups is 2. The summed E-state index contributed by atoms with van der Waals surface area (Å²) >= 11 is 0. The average Bonchev–Trinajstić information content (AvgIpc) is 2.74. The van der Waals surface area contributed by atoms with Crippen molar-refractivity contribution in [2.75, 3.05) is 23.7 Å². The second kappa shape index (κ2) is 8.55. The van der Waals surface area contributed by atoms with E-state index in [-0.39, 0.29) is 11.7 Å². The zero-order valence-corrected chi connectivity index (χ0v) is 18.1. The molecule has 1 atom stereocenters. The number of halogens is 2. The van der Waals surface area contributed by atoms with Gasteiger partial charge >= 0.3 is 0 Å². The molecule has 1 aromatic carbocycles. The fraction of sp³-hybridized carbons (Fsp3) is 0.435. The van der Waals surface area contributed by atoms with Gasteiger partial charge in [-0.1, -0.05) is 6.07 Å². The molecule has 0 spiro atoms. The summed E-state index contributed by atoms with van der Waals surface area (Å²) in [5.74, 6) is 0.0617. The third-order valence-corrected chi connectivity index (χ3v) is 5.97. The molecule has 3 heterocycles. The van der Waals surface area contributed by atoms with Crippen LogP contribution in [0.25, 0.3) is 11.0 Å². The molecular weight excluding hydrogens is 416 g/mol. The molecule has 7 nitrogen and oxygen atoms in total. The van der Waals surface area contributed by atoms with Crippen LogP contribution in [0.2, 0.25) is 0 Å². The number of anilines is 2. The molecular formula is C23H27F2N5O2. The molecule has 0 amide bonds. The number of piperidine rings is 1. The Morgan fingerprint density at radius 2 is 1.88 bits per heavy atom. The van der Waals surface area contributed by atoms with E-state index in [0.717, 1.165) is 18.9 Å². The van der Waals surface area contributed by atoms with E-state index in [1.807, 2.05) is 0 Å². The number of rotatable bonds is 5. The summed E-state index contributed by atoms with van der Waals surface area (Å²) < 4.78 is 27.1. The maximum absolute atomic E-state index is 14.0. The third kappa shape index (κ3) is 4.63. The number of nitrogens with two attached hydrogens (primary N) is 1. The van der Waals surface area contributed by atoms with Gasteiger partial charge in [-0.3, -0.25) is 4.98 Å². The summed E-state index contributed by atoms with van der Waals surface area (Å²) in [6, 6.07) is 5.31. The first-order chi connectivity index (χ1) is 15.1. The predicted octanol–water partition coefficient (Wildman–Crippen LogP) is 3.15. The van der Waals surface area contributed by atoms with E-state index in [2.05, 4.69) is 19.9 Å². The van der Waals surface area contributed by atoms with E-state index >= 15 is 0 Å². The van der Waals surface area contributed by atoms with Gasteiger partial charge in [0.2, 0.25) is 0 Å². The van der Waals surface area contributed by atoms with Gasteiger partial charge in [0.05, 0.1) is 23.0 Å². The number of nitrogens with zero attached hydrogens (tertiary/aromatic N) is 4. The fourth-order valence-electron chi connectivity index (χ4n) is 4.07. The van der Waals surface area contributed by atoms with Gasteiger partial charge in [0, 0.05) is 19.2 Å².